The molecule has 1 fully saturated rings. The first-order chi connectivity index (χ1) is 11.6. The van der Waals surface area contributed by atoms with E-state index in [-0.39, 0.29) is 35.6 Å². The second-order valence-corrected chi connectivity index (χ2v) is 6.00. The van der Waals surface area contributed by atoms with Gasteiger partial charge in [0.25, 0.3) is 11.6 Å². The van der Waals surface area contributed by atoms with E-state index in [2.05, 4.69) is 5.32 Å². The lowest BCUT2D eigenvalue weighted by atomic mass is 9.97. The van der Waals surface area contributed by atoms with Crippen molar-refractivity contribution in [3.63, 3.8) is 0 Å². The molecule has 130 valence electrons. The summed E-state index contributed by atoms with van der Waals surface area (Å²) in [6.07, 6.45) is 8.33. The first-order valence-electron chi connectivity index (χ1n) is 8.26. The van der Waals surface area contributed by atoms with Gasteiger partial charge in [0, 0.05) is 18.2 Å². The maximum atomic E-state index is 12.0. The van der Waals surface area contributed by atoms with Crippen LogP contribution in [0.5, 0.6) is 5.75 Å². The van der Waals surface area contributed by atoms with Gasteiger partial charge in [0.05, 0.1) is 10.5 Å². The van der Waals surface area contributed by atoms with E-state index in [1.807, 2.05) is 0 Å². The smallest absolute Gasteiger partial charge is 0.270 e. The molecule has 1 aromatic carbocycles. The van der Waals surface area contributed by atoms with E-state index in [9.17, 15) is 19.7 Å². The molecule has 1 aromatic rings. The second kappa shape index (κ2) is 9.00. The van der Waals surface area contributed by atoms with Gasteiger partial charge in [-0.25, -0.2) is 0 Å². The van der Waals surface area contributed by atoms with Crippen LogP contribution in [0.15, 0.2) is 18.2 Å². The molecule has 1 aliphatic rings. The fourth-order valence-corrected chi connectivity index (χ4v) is 2.89. The van der Waals surface area contributed by atoms with Crippen LogP contribution in [-0.4, -0.2) is 29.8 Å². The molecule has 0 saturated heterocycles. The van der Waals surface area contributed by atoms with Crippen LogP contribution in [0.25, 0.3) is 0 Å². The third kappa shape index (κ3) is 5.33. The number of non-ortho nitro benzene ring substituents is 1. The quantitative estimate of drug-likeness (QED) is 0.490. The predicted octanol–water partition coefficient (Wildman–Crippen LogP) is 3.02. The van der Waals surface area contributed by atoms with Crippen molar-refractivity contribution in [1.82, 2.24) is 5.32 Å². The number of aldehydes is 1. The van der Waals surface area contributed by atoms with Crippen molar-refractivity contribution in [3.05, 3.63) is 33.9 Å². The highest BCUT2D eigenvalue weighted by Crippen LogP contribution is 2.23. The van der Waals surface area contributed by atoms with E-state index in [0.717, 1.165) is 31.7 Å². The summed E-state index contributed by atoms with van der Waals surface area (Å²) in [5.74, 6) is -0.0702. The third-order valence-corrected chi connectivity index (χ3v) is 4.16. The highest BCUT2D eigenvalue weighted by atomic mass is 16.6. The summed E-state index contributed by atoms with van der Waals surface area (Å²) in [5, 5.41) is 13.7. The SMILES string of the molecule is O=Cc1cc([N+](=O)[O-])ccc1OCC(=O)NC1CCCCCCC1. The number of carbonyl (C=O) groups is 2. The number of benzene rings is 1. The summed E-state index contributed by atoms with van der Waals surface area (Å²) in [6, 6.07) is 3.89. The average Bonchev–Trinajstić information content (AvgIpc) is 2.55. The first-order valence-corrected chi connectivity index (χ1v) is 8.26. The highest BCUT2D eigenvalue weighted by Gasteiger charge is 2.16. The van der Waals surface area contributed by atoms with Crippen LogP contribution in [0.4, 0.5) is 5.69 Å². The first kappa shape index (κ1) is 17.9. The fourth-order valence-electron chi connectivity index (χ4n) is 2.89. The molecule has 0 aliphatic heterocycles. The Bertz CT molecular complexity index is 595. The molecule has 24 heavy (non-hydrogen) atoms. The molecular weight excluding hydrogens is 312 g/mol. The molecule has 1 N–H and O–H groups in total. The molecule has 0 atom stereocenters. The molecule has 7 nitrogen and oxygen atoms in total. The Morgan fingerprint density at radius 3 is 2.54 bits per heavy atom. The maximum absolute atomic E-state index is 12.0. The van der Waals surface area contributed by atoms with E-state index in [4.69, 9.17) is 4.74 Å². The minimum atomic E-state index is -0.585. The summed E-state index contributed by atoms with van der Waals surface area (Å²) < 4.78 is 5.36. The Hall–Kier alpha value is -2.44. The molecule has 0 radical (unpaired) electrons. The summed E-state index contributed by atoms with van der Waals surface area (Å²) in [7, 11) is 0. The monoisotopic (exact) mass is 334 g/mol. The average molecular weight is 334 g/mol. The topological polar surface area (TPSA) is 98.5 Å². The summed E-state index contributed by atoms with van der Waals surface area (Å²) >= 11 is 0. The largest absolute Gasteiger partial charge is 0.483 e. The van der Waals surface area contributed by atoms with Crippen molar-refractivity contribution < 1.29 is 19.2 Å². The van der Waals surface area contributed by atoms with Crippen molar-refractivity contribution in [2.75, 3.05) is 6.61 Å². The molecule has 0 heterocycles. The van der Waals surface area contributed by atoms with Crippen molar-refractivity contribution in [2.45, 2.75) is 51.0 Å². The summed E-state index contributed by atoms with van der Waals surface area (Å²) in [6.45, 7) is -0.213. The zero-order valence-corrected chi connectivity index (χ0v) is 13.5. The van der Waals surface area contributed by atoms with Crippen LogP contribution in [0.1, 0.15) is 55.3 Å². The van der Waals surface area contributed by atoms with Crippen molar-refractivity contribution >= 4 is 17.9 Å². The predicted molar refractivity (Wildman–Crippen MR) is 88.2 cm³/mol. The molecule has 1 aliphatic carbocycles. The van der Waals surface area contributed by atoms with Gasteiger partial charge < -0.3 is 10.1 Å². The van der Waals surface area contributed by atoms with Crippen LogP contribution in [-0.2, 0) is 4.79 Å². The summed E-state index contributed by atoms with van der Waals surface area (Å²) in [4.78, 5) is 33.2. The number of amides is 1. The van der Waals surface area contributed by atoms with E-state index in [0.29, 0.717) is 6.29 Å². The Morgan fingerprint density at radius 1 is 1.25 bits per heavy atom. The van der Waals surface area contributed by atoms with Gasteiger partial charge >= 0.3 is 0 Å². The van der Waals surface area contributed by atoms with Gasteiger partial charge in [-0.3, -0.25) is 19.7 Å². The molecule has 1 saturated carbocycles. The molecule has 7 heteroatoms. The lowest BCUT2D eigenvalue weighted by molar-refractivity contribution is -0.384. The van der Waals surface area contributed by atoms with Gasteiger partial charge in [0.15, 0.2) is 12.9 Å². The number of nitro groups is 1. The number of hydrogen-bond acceptors (Lipinski definition) is 5. The van der Waals surface area contributed by atoms with Crippen LogP contribution in [0, 0.1) is 10.1 Å². The number of hydrogen-bond donors (Lipinski definition) is 1. The normalized spacial score (nSPS) is 15.8. The van der Waals surface area contributed by atoms with Crippen LogP contribution < -0.4 is 10.1 Å². The van der Waals surface area contributed by atoms with Crippen LogP contribution >= 0.6 is 0 Å². The van der Waals surface area contributed by atoms with Crippen LogP contribution in [0.2, 0.25) is 0 Å². The Morgan fingerprint density at radius 2 is 1.92 bits per heavy atom. The molecule has 0 aromatic heterocycles. The van der Waals surface area contributed by atoms with Crippen molar-refractivity contribution in [1.29, 1.82) is 0 Å². The Labute approximate surface area is 140 Å². The van der Waals surface area contributed by atoms with E-state index in [1.165, 1.54) is 31.4 Å². The van der Waals surface area contributed by atoms with Crippen molar-refractivity contribution in [3.8, 4) is 5.75 Å². The third-order valence-electron chi connectivity index (χ3n) is 4.16. The maximum Gasteiger partial charge on any atom is 0.270 e. The molecule has 1 amide bonds. The van der Waals surface area contributed by atoms with E-state index >= 15 is 0 Å². The number of ether oxygens (including phenoxy) is 1. The standard InChI is InChI=1S/C17H22N2O5/c20-11-13-10-15(19(22)23)8-9-16(13)24-12-17(21)18-14-6-4-2-1-3-5-7-14/h8-11,14H,1-7,12H2,(H,18,21). The summed E-state index contributed by atoms with van der Waals surface area (Å²) in [5.41, 5.74) is -0.133. The van der Waals surface area contributed by atoms with Gasteiger partial charge in [0.1, 0.15) is 5.75 Å². The molecule has 0 unspecified atom stereocenters. The minimum Gasteiger partial charge on any atom is -0.483 e. The molecule has 0 spiro atoms. The van der Waals surface area contributed by atoms with Gasteiger partial charge in [-0.05, 0) is 18.9 Å². The van der Waals surface area contributed by atoms with Gasteiger partial charge in [-0.15, -0.1) is 0 Å². The number of nitrogens with one attached hydrogen (secondary N) is 1. The lowest BCUT2D eigenvalue weighted by Crippen LogP contribution is -2.38. The van der Waals surface area contributed by atoms with E-state index in [1.54, 1.807) is 0 Å². The van der Waals surface area contributed by atoms with Gasteiger partial charge in [-0.2, -0.15) is 0 Å². The lowest BCUT2D eigenvalue weighted by Gasteiger charge is -2.21. The van der Waals surface area contributed by atoms with Crippen LogP contribution in [0.3, 0.4) is 0 Å². The number of carbonyl (C=O) groups excluding carboxylic acids is 2. The van der Waals surface area contributed by atoms with Gasteiger partial charge in [-0.1, -0.05) is 32.1 Å². The number of rotatable bonds is 6. The number of nitrogens with zero attached hydrogens (tertiary/aromatic N) is 1. The van der Waals surface area contributed by atoms with Gasteiger partial charge in [0.2, 0.25) is 0 Å². The van der Waals surface area contributed by atoms with Crippen molar-refractivity contribution in [2.24, 2.45) is 0 Å². The van der Waals surface area contributed by atoms with E-state index < -0.39 is 4.92 Å². The molecule has 2 rings (SSSR count). The molecule has 0 bridgehead atoms. The Balaban J connectivity index is 1.88. The number of nitro benzene ring substituents is 1. The zero-order chi connectivity index (χ0) is 17.4. The Kier molecular flexibility index (Phi) is 6.72. The minimum absolute atomic E-state index is 0.0583. The highest BCUT2D eigenvalue weighted by molar-refractivity contribution is 5.82. The zero-order valence-electron chi connectivity index (χ0n) is 13.5. The molecular formula is C17H22N2O5. The second-order valence-electron chi connectivity index (χ2n) is 6.00. The fraction of sp³-hybridized carbons (Fsp3) is 0.529.